The molecule has 1 heterocycles. The molecule has 1 aromatic carbocycles. The van der Waals surface area contributed by atoms with Gasteiger partial charge >= 0.3 is 0 Å². The van der Waals surface area contributed by atoms with E-state index in [-0.39, 0.29) is 6.04 Å². The van der Waals surface area contributed by atoms with Crippen molar-refractivity contribution in [3.8, 4) is 0 Å². The molecule has 2 aromatic rings. The van der Waals surface area contributed by atoms with Gasteiger partial charge in [-0.05, 0) is 42.9 Å². The zero-order valence-electron chi connectivity index (χ0n) is 9.97. The quantitative estimate of drug-likeness (QED) is 0.873. The second kappa shape index (κ2) is 4.04. The van der Waals surface area contributed by atoms with Crippen LogP contribution in [0.4, 0.5) is 0 Å². The average molecular weight is 227 g/mol. The van der Waals surface area contributed by atoms with Crippen molar-refractivity contribution in [2.75, 3.05) is 0 Å². The molecule has 0 radical (unpaired) electrons. The van der Waals surface area contributed by atoms with Gasteiger partial charge in [0.2, 0.25) is 0 Å². The summed E-state index contributed by atoms with van der Waals surface area (Å²) in [6.45, 7) is 1.96. The Bertz CT molecular complexity index is 503. The van der Waals surface area contributed by atoms with Crippen LogP contribution in [0.3, 0.4) is 0 Å². The summed E-state index contributed by atoms with van der Waals surface area (Å²) in [7, 11) is 0. The number of hydrogen-bond donors (Lipinski definition) is 1. The minimum Gasteiger partial charge on any atom is -0.465 e. The molecule has 1 saturated carbocycles. The highest BCUT2D eigenvalue weighted by molar-refractivity contribution is 5.28. The first-order valence-electron chi connectivity index (χ1n) is 6.12. The Morgan fingerprint density at radius 3 is 2.59 bits per heavy atom. The highest BCUT2D eigenvalue weighted by Gasteiger charge is 2.43. The molecule has 2 heteroatoms. The molecule has 3 rings (SSSR count). The van der Waals surface area contributed by atoms with Crippen LogP contribution in [0.25, 0.3) is 0 Å². The first-order valence-corrected chi connectivity index (χ1v) is 6.12. The largest absolute Gasteiger partial charge is 0.465 e. The zero-order valence-corrected chi connectivity index (χ0v) is 9.97. The molecular formula is C15H17NO. The lowest BCUT2D eigenvalue weighted by molar-refractivity contribution is 0.423. The Morgan fingerprint density at radius 1 is 1.18 bits per heavy atom. The second-order valence-electron chi connectivity index (χ2n) is 4.89. The van der Waals surface area contributed by atoms with E-state index < -0.39 is 0 Å². The van der Waals surface area contributed by atoms with E-state index in [0.29, 0.717) is 11.8 Å². The molecule has 3 unspecified atom stereocenters. The molecular weight excluding hydrogens is 210 g/mol. The summed E-state index contributed by atoms with van der Waals surface area (Å²) in [5, 5.41) is 0. The first-order chi connectivity index (χ1) is 8.25. The number of rotatable bonds is 3. The molecule has 2 N–H and O–H groups in total. The summed E-state index contributed by atoms with van der Waals surface area (Å²) in [5.41, 5.74) is 7.65. The fourth-order valence-corrected chi connectivity index (χ4v) is 2.54. The maximum Gasteiger partial charge on any atom is 0.121 e. The van der Waals surface area contributed by atoms with Gasteiger partial charge < -0.3 is 10.2 Å². The monoisotopic (exact) mass is 227 g/mol. The van der Waals surface area contributed by atoms with Gasteiger partial charge in [0, 0.05) is 0 Å². The topological polar surface area (TPSA) is 39.2 Å². The molecule has 3 atom stereocenters. The van der Waals surface area contributed by atoms with E-state index in [1.165, 1.54) is 12.0 Å². The number of nitrogens with two attached hydrogens (primary N) is 1. The zero-order chi connectivity index (χ0) is 11.8. The molecule has 0 bridgehead atoms. The van der Waals surface area contributed by atoms with Gasteiger partial charge in [-0.25, -0.2) is 0 Å². The van der Waals surface area contributed by atoms with Crippen LogP contribution in [-0.4, -0.2) is 0 Å². The van der Waals surface area contributed by atoms with Crippen molar-refractivity contribution < 1.29 is 4.42 Å². The van der Waals surface area contributed by atoms with Crippen molar-refractivity contribution >= 4 is 0 Å². The smallest absolute Gasteiger partial charge is 0.121 e. The fraction of sp³-hybridized carbons (Fsp3) is 0.333. The molecule has 0 spiro atoms. The van der Waals surface area contributed by atoms with E-state index in [2.05, 4.69) is 30.3 Å². The standard InChI is InChI=1S/C15H17NO/c1-10-7-8-14(17-10)15(16)13-9-12(13)11-5-3-2-4-6-11/h2-8,12-13,15H,9,16H2,1H3. The lowest BCUT2D eigenvalue weighted by Gasteiger charge is -2.08. The Kier molecular flexibility index (Phi) is 2.52. The van der Waals surface area contributed by atoms with Crippen molar-refractivity contribution in [3.05, 3.63) is 59.5 Å². The van der Waals surface area contributed by atoms with Gasteiger partial charge in [0.1, 0.15) is 11.5 Å². The van der Waals surface area contributed by atoms with Crippen LogP contribution < -0.4 is 5.73 Å². The molecule has 1 fully saturated rings. The Hall–Kier alpha value is -1.54. The minimum atomic E-state index is 0.0360. The van der Waals surface area contributed by atoms with Crippen LogP contribution in [0, 0.1) is 12.8 Å². The van der Waals surface area contributed by atoms with E-state index in [9.17, 15) is 0 Å². The molecule has 1 aliphatic carbocycles. The van der Waals surface area contributed by atoms with E-state index in [1.807, 2.05) is 19.1 Å². The lowest BCUT2D eigenvalue weighted by atomic mass is 10.0. The SMILES string of the molecule is Cc1ccc(C(N)C2CC2c2ccccc2)o1. The average Bonchev–Trinajstić information content (AvgIpc) is 3.05. The summed E-state index contributed by atoms with van der Waals surface area (Å²) in [6, 6.07) is 14.6. The van der Waals surface area contributed by atoms with E-state index in [1.54, 1.807) is 0 Å². The lowest BCUT2D eigenvalue weighted by Crippen LogP contribution is -2.12. The van der Waals surface area contributed by atoms with Gasteiger partial charge in [0.15, 0.2) is 0 Å². The van der Waals surface area contributed by atoms with Crippen LogP contribution in [0.5, 0.6) is 0 Å². The summed E-state index contributed by atoms with van der Waals surface area (Å²) < 4.78 is 5.61. The van der Waals surface area contributed by atoms with Crippen molar-refractivity contribution in [1.82, 2.24) is 0 Å². The third-order valence-corrected chi connectivity index (χ3v) is 3.62. The molecule has 0 saturated heterocycles. The summed E-state index contributed by atoms with van der Waals surface area (Å²) >= 11 is 0. The van der Waals surface area contributed by atoms with E-state index >= 15 is 0 Å². The van der Waals surface area contributed by atoms with Gasteiger partial charge in [-0.15, -0.1) is 0 Å². The third kappa shape index (κ3) is 2.01. The van der Waals surface area contributed by atoms with E-state index in [0.717, 1.165) is 11.5 Å². The highest BCUT2D eigenvalue weighted by atomic mass is 16.3. The molecule has 2 nitrogen and oxygen atoms in total. The highest BCUT2D eigenvalue weighted by Crippen LogP contribution is 2.53. The van der Waals surface area contributed by atoms with Crippen LogP contribution in [0.1, 0.15) is 35.5 Å². The number of furan rings is 1. The van der Waals surface area contributed by atoms with Gasteiger partial charge in [0.05, 0.1) is 6.04 Å². The number of benzene rings is 1. The van der Waals surface area contributed by atoms with Crippen molar-refractivity contribution in [1.29, 1.82) is 0 Å². The predicted molar refractivity (Wildman–Crippen MR) is 67.7 cm³/mol. The van der Waals surface area contributed by atoms with Gasteiger partial charge in [-0.1, -0.05) is 30.3 Å². The van der Waals surface area contributed by atoms with Crippen LogP contribution in [0.15, 0.2) is 46.9 Å². The first kappa shape index (κ1) is 10.6. The molecule has 0 amide bonds. The summed E-state index contributed by atoms with van der Waals surface area (Å²) in [5.74, 6) is 3.00. The minimum absolute atomic E-state index is 0.0360. The Labute approximate surface area is 101 Å². The van der Waals surface area contributed by atoms with Crippen LogP contribution >= 0.6 is 0 Å². The van der Waals surface area contributed by atoms with Crippen molar-refractivity contribution in [2.24, 2.45) is 11.7 Å². The molecule has 1 aliphatic rings. The second-order valence-corrected chi connectivity index (χ2v) is 4.89. The Morgan fingerprint density at radius 2 is 1.94 bits per heavy atom. The molecule has 17 heavy (non-hydrogen) atoms. The Balaban J connectivity index is 1.73. The van der Waals surface area contributed by atoms with Gasteiger partial charge in [0.25, 0.3) is 0 Å². The maximum absolute atomic E-state index is 6.25. The van der Waals surface area contributed by atoms with Crippen LogP contribution in [0.2, 0.25) is 0 Å². The normalized spacial score (nSPS) is 24.6. The number of aryl methyl sites for hydroxylation is 1. The van der Waals surface area contributed by atoms with Gasteiger partial charge in [-0.3, -0.25) is 0 Å². The van der Waals surface area contributed by atoms with Crippen molar-refractivity contribution in [2.45, 2.75) is 25.3 Å². The predicted octanol–water partition coefficient (Wildman–Crippen LogP) is 3.39. The molecule has 88 valence electrons. The summed E-state index contributed by atoms with van der Waals surface area (Å²) in [6.07, 6.45) is 1.17. The molecule has 0 aliphatic heterocycles. The van der Waals surface area contributed by atoms with Gasteiger partial charge in [-0.2, -0.15) is 0 Å². The maximum atomic E-state index is 6.25. The number of hydrogen-bond acceptors (Lipinski definition) is 2. The van der Waals surface area contributed by atoms with Crippen LogP contribution in [-0.2, 0) is 0 Å². The fourth-order valence-electron chi connectivity index (χ4n) is 2.54. The molecule has 1 aromatic heterocycles. The third-order valence-electron chi connectivity index (χ3n) is 3.62. The van der Waals surface area contributed by atoms with E-state index in [4.69, 9.17) is 10.2 Å². The summed E-state index contributed by atoms with van der Waals surface area (Å²) in [4.78, 5) is 0. The van der Waals surface area contributed by atoms with Crippen molar-refractivity contribution in [3.63, 3.8) is 0 Å².